The van der Waals surface area contributed by atoms with Crippen molar-refractivity contribution < 1.29 is 9.53 Å². The molecule has 5 nitrogen and oxygen atoms in total. The molecule has 0 aliphatic carbocycles. The SMILES string of the molecule is CCOC(=O)c1n[nH]c(N)c1C. The summed E-state index contributed by atoms with van der Waals surface area (Å²) in [6.45, 7) is 3.79. The molecular formula is C7H11N3O2. The Bertz CT molecular complexity index is 293. The molecule has 0 saturated carbocycles. The lowest BCUT2D eigenvalue weighted by atomic mass is 10.2. The summed E-state index contributed by atoms with van der Waals surface area (Å²) >= 11 is 0. The van der Waals surface area contributed by atoms with Crippen molar-refractivity contribution in [2.45, 2.75) is 13.8 Å². The standard InChI is InChI=1S/C7H11N3O2/c1-3-12-7(11)5-4(2)6(8)10-9-5/h3H2,1-2H3,(H3,8,9,10). The predicted molar refractivity (Wildman–Crippen MR) is 43.7 cm³/mol. The number of rotatable bonds is 2. The van der Waals surface area contributed by atoms with Gasteiger partial charge in [-0.05, 0) is 13.8 Å². The van der Waals surface area contributed by atoms with E-state index in [4.69, 9.17) is 10.5 Å². The number of nitrogens with one attached hydrogen (secondary N) is 1. The Morgan fingerprint density at radius 3 is 2.83 bits per heavy atom. The van der Waals surface area contributed by atoms with Crippen LogP contribution in [-0.2, 0) is 4.74 Å². The summed E-state index contributed by atoms with van der Waals surface area (Å²) in [6, 6.07) is 0. The third-order valence-corrected chi connectivity index (χ3v) is 1.52. The Labute approximate surface area is 69.9 Å². The highest BCUT2D eigenvalue weighted by molar-refractivity contribution is 5.90. The van der Waals surface area contributed by atoms with Crippen LogP contribution in [0.2, 0.25) is 0 Å². The number of nitrogens with two attached hydrogens (primary N) is 1. The van der Waals surface area contributed by atoms with Crippen molar-refractivity contribution in [2.75, 3.05) is 12.3 Å². The van der Waals surface area contributed by atoms with Gasteiger partial charge in [0.1, 0.15) is 5.82 Å². The van der Waals surface area contributed by atoms with Gasteiger partial charge in [0.15, 0.2) is 5.69 Å². The average molecular weight is 169 g/mol. The second-order valence-corrected chi connectivity index (χ2v) is 2.33. The van der Waals surface area contributed by atoms with Crippen LogP contribution in [0.5, 0.6) is 0 Å². The van der Waals surface area contributed by atoms with Crippen LogP contribution in [0.25, 0.3) is 0 Å². The van der Waals surface area contributed by atoms with Gasteiger partial charge in [-0.1, -0.05) is 0 Å². The summed E-state index contributed by atoms with van der Waals surface area (Å²) in [4.78, 5) is 11.1. The maximum atomic E-state index is 11.1. The molecule has 3 N–H and O–H groups in total. The van der Waals surface area contributed by atoms with Gasteiger partial charge >= 0.3 is 5.97 Å². The lowest BCUT2D eigenvalue weighted by molar-refractivity contribution is 0.0518. The average Bonchev–Trinajstić information content (AvgIpc) is 2.34. The van der Waals surface area contributed by atoms with Gasteiger partial charge < -0.3 is 10.5 Å². The quantitative estimate of drug-likeness (QED) is 0.631. The van der Waals surface area contributed by atoms with E-state index < -0.39 is 5.97 Å². The van der Waals surface area contributed by atoms with Crippen molar-refractivity contribution >= 4 is 11.8 Å². The first-order valence-electron chi connectivity index (χ1n) is 3.64. The van der Waals surface area contributed by atoms with Gasteiger partial charge in [0.25, 0.3) is 0 Å². The van der Waals surface area contributed by atoms with Crippen LogP contribution in [0, 0.1) is 6.92 Å². The lowest BCUT2D eigenvalue weighted by Crippen LogP contribution is -2.06. The molecular weight excluding hydrogens is 158 g/mol. The molecule has 0 saturated heterocycles. The number of aromatic amines is 1. The molecule has 1 heterocycles. The van der Waals surface area contributed by atoms with Crippen molar-refractivity contribution in [2.24, 2.45) is 0 Å². The number of H-pyrrole nitrogens is 1. The van der Waals surface area contributed by atoms with E-state index >= 15 is 0 Å². The van der Waals surface area contributed by atoms with Crippen LogP contribution in [0.15, 0.2) is 0 Å². The fourth-order valence-electron chi connectivity index (χ4n) is 0.810. The van der Waals surface area contributed by atoms with Gasteiger partial charge in [0, 0.05) is 5.56 Å². The van der Waals surface area contributed by atoms with E-state index in [2.05, 4.69) is 10.2 Å². The minimum absolute atomic E-state index is 0.259. The number of hydrogen-bond acceptors (Lipinski definition) is 4. The second-order valence-electron chi connectivity index (χ2n) is 2.33. The molecule has 0 aromatic carbocycles. The number of nitrogens with zero attached hydrogens (tertiary/aromatic N) is 1. The Hall–Kier alpha value is -1.52. The largest absolute Gasteiger partial charge is 0.461 e. The molecule has 0 fully saturated rings. The molecule has 1 aromatic rings. The molecule has 1 aromatic heterocycles. The zero-order valence-corrected chi connectivity index (χ0v) is 7.05. The molecule has 0 aliphatic heterocycles. The highest BCUT2D eigenvalue weighted by Gasteiger charge is 2.15. The zero-order chi connectivity index (χ0) is 9.14. The number of esters is 1. The molecule has 66 valence electrons. The van der Waals surface area contributed by atoms with Crippen molar-refractivity contribution in [1.82, 2.24) is 10.2 Å². The molecule has 0 amide bonds. The van der Waals surface area contributed by atoms with Gasteiger partial charge in [-0.3, -0.25) is 5.10 Å². The Balaban J connectivity index is 2.88. The minimum atomic E-state index is -0.442. The number of anilines is 1. The smallest absolute Gasteiger partial charge is 0.359 e. The van der Waals surface area contributed by atoms with E-state index in [1.807, 2.05) is 0 Å². The summed E-state index contributed by atoms with van der Waals surface area (Å²) in [5.74, 6) is -0.0407. The van der Waals surface area contributed by atoms with Crippen LogP contribution in [-0.4, -0.2) is 22.8 Å². The maximum Gasteiger partial charge on any atom is 0.359 e. The third-order valence-electron chi connectivity index (χ3n) is 1.52. The van der Waals surface area contributed by atoms with Gasteiger partial charge in [-0.2, -0.15) is 5.10 Å². The molecule has 0 unspecified atom stereocenters. The number of ether oxygens (including phenoxy) is 1. The number of aromatic nitrogens is 2. The zero-order valence-electron chi connectivity index (χ0n) is 7.05. The van der Waals surface area contributed by atoms with Crippen molar-refractivity contribution in [3.8, 4) is 0 Å². The summed E-state index contributed by atoms with van der Waals surface area (Å²) in [6.07, 6.45) is 0. The second kappa shape index (κ2) is 3.25. The third kappa shape index (κ3) is 1.39. The van der Waals surface area contributed by atoms with Crippen LogP contribution in [0.1, 0.15) is 23.0 Å². The van der Waals surface area contributed by atoms with E-state index in [9.17, 15) is 4.79 Å². The first kappa shape index (κ1) is 8.58. The summed E-state index contributed by atoms with van der Waals surface area (Å²) in [5.41, 5.74) is 6.34. The first-order valence-corrected chi connectivity index (χ1v) is 3.64. The number of nitrogen functional groups attached to an aromatic ring is 1. The van der Waals surface area contributed by atoms with E-state index in [0.29, 0.717) is 18.0 Å². The minimum Gasteiger partial charge on any atom is -0.461 e. The highest BCUT2D eigenvalue weighted by Crippen LogP contribution is 2.11. The molecule has 0 spiro atoms. The lowest BCUT2D eigenvalue weighted by Gasteiger charge is -1.97. The van der Waals surface area contributed by atoms with Crippen molar-refractivity contribution in [3.63, 3.8) is 0 Å². The molecule has 0 bridgehead atoms. The maximum absolute atomic E-state index is 11.1. The van der Waals surface area contributed by atoms with Gasteiger partial charge in [0.2, 0.25) is 0 Å². The van der Waals surface area contributed by atoms with Crippen LogP contribution < -0.4 is 5.73 Å². The number of carbonyl (C=O) groups excluding carboxylic acids is 1. The highest BCUT2D eigenvalue weighted by atomic mass is 16.5. The number of hydrogen-bond donors (Lipinski definition) is 2. The van der Waals surface area contributed by atoms with Crippen LogP contribution in [0.3, 0.4) is 0 Å². The van der Waals surface area contributed by atoms with E-state index in [1.165, 1.54) is 0 Å². The normalized spacial score (nSPS) is 9.83. The fourth-order valence-corrected chi connectivity index (χ4v) is 0.810. The molecule has 12 heavy (non-hydrogen) atoms. The van der Waals surface area contributed by atoms with Crippen LogP contribution >= 0.6 is 0 Å². The van der Waals surface area contributed by atoms with Crippen LogP contribution in [0.4, 0.5) is 5.82 Å². The molecule has 0 aliphatic rings. The molecule has 0 radical (unpaired) electrons. The Morgan fingerprint density at radius 2 is 2.42 bits per heavy atom. The summed E-state index contributed by atoms with van der Waals surface area (Å²) in [7, 11) is 0. The monoisotopic (exact) mass is 169 g/mol. The molecule has 0 atom stereocenters. The Kier molecular flexibility index (Phi) is 2.32. The predicted octanol–water partition coefficient (Wildman–Crippen LogP) is 0.477. The fraction of sp³-hybridized carbons (Fsp3) is 0.429. The number of carbonyl (C=O) groups is 1. The topological polar surface area (TPSA) is 81.0 Å². The van der Waals surface area contributed by atoms with Gasteiger partial charge in [-0.25, -0.2) is 4.79 Å². The van der Waals surface area contributed by atoms with Gasteiger partial charge in [-0.15, -0.1) is 0 Å². The summed E-state index contributed by atoms with van der Waals surface area (Å²) < 4.78 is 4.75. The first-order chi connectivity index (χ1) is 5.66. The molecule has 1 rings (SSSR count). The van der Waals surface area contributed by atoms with Gasteiger partial charge in [0.05, 0.1) is 6.61 Å². The van der Waals surface area contributed by atoms with E-state index in [0.717, 1.165) is 0 Å². The molecule has 5 heteroatoms. The van der Waals surface area contributed by atoms with E-state index in [1.54, 1.807) is 13.8 Å². The van der Waals surface area contributed by atoms with Crippen molar-refractivity contribution in [1.29, 1.82) is 0 Å². The van der Waals surface area contributed by atoms with E-state index in [-0.39, 0.29) is 5.69 Å². The van der Waals surface area contributed by atoms with Crippen molar-refractivity contribution in [3.05, 3.63) is 11.3 Å². The summed E-state index contributed by atoms with van der Waals surface area (Å²) in [5, 5.41) is 6.21. The Morgan fingerprint density at radius 1 is 1.75 bits per heavy atom.